The molecule has 2 heterocycles. The maximum atomic E-state index is 14.1. The Bertz CT molecular complexity index is 1990. The molecule has 0 saturated carbocycles. The van der Waals surface area contributed by atoms with Gasteiger partial charge in [-0.25, -0.2) is 14.2 Å². The van der Waals surface area contributed by atoms with E-state index in [-0.39, 0.29) is 30.2 Å². The predicted octanol–water partition coefficient (Wildman–Crippen LogP) is 5.69. The van der Waals surface area contributed by atoms with Crippen LogP contribution in [-0.2, 0) is 16.1 Å². The van der Waals surface area contributed by atoms with Crippen LogP contribution in [0.5, 0.6) is 23.0 Å². The lowest BCUT2D eigenvalue weighted by Gasteiger charge is -2.26. The van der Waals surface area contributed by atoms with Crippen LogP contribution < -0.4 is 33.8 Å². The summed E-state index contributed by atoms with van der Waals surface area (Å²) in [7, 11) is 3.06. The van der Waals surface area contributed by atoms with Gasteiger partial charge in [-0.2, -0.15) is 0 Å². The molecule has 4 aromatic rings. The summed E-state index contributed by atoms with van der Waals surface area (Å²) >= 11 is 4.85. The van der Waals surface area contributed by atoms with Gasteiger partial charge in [0.2, 0.25) is 0 Å². The van der Waals surface area contributed by atoms with E-state index >= 15 is 0 Å². The third-order valence-corrected chi connectivity index (χ3v) is 8.86. The van der Waals surface area contributed by atoms with Crippen molar-refractivity contribution < 1.29 is 32.9 Å². The third-order valence-electron chi connectivity index (χ3n) is 7.19. The molecule has 5 rings (SSSR count). The zero-order valence-electron chi connectivity index (χ0n) is 25.9. The van der Waals surface area contributed by atoms with Crippen LogP contribution in [0.25, 0.3) is 6.08 Å². The molecule has 1 atom stereocenters. The quantitative estimate of drug-likeness (QED) is 0.185. The lowest BCUT2D eigenvalue weighted by molar-refractivity contribution is -0.139. The molecule has 12 heteroatoms. The number of carbonyl (C=O) groups is 1. The summed E-state index contributed by atoms with van der Waals surface area (Å²) in [5, 5.41) is 0. The molecule has 0 aliphatic carbocycles. The fourth-order valence-corrected chi connectivity index (χ4v) is 6.65. The molecule has 0 saturated heterocycles. The summed E-state index contributed by atoms with van der Waals surface area (Å²) in [6.45, 7) is 6.13. The molecule has 1 aliphatic heterocycles. The summed E-state index contributed by atoms with van der Waals surface area (Å²) in [6.07, 6.45) is 1.74. The molecule has 0 N–H and O–H groups in total. The van der Waals surface area contributed by atoms with E-state index in [1.807, 2.05) is 6.92 Å². The van der Waals surface area contributed by atoms with E-state index in [1.54, 1.807) is 62.4 Å². The number of thiazole rings is 1. The van der Waals surface area contributed by atoms with E-state index in [4.69, 9.17) is 23.7 Å². The minimum absolute atomic E-state index is 0.159. The summed E-state index contributed by atoms with van der Waals surface area (Å²) in [5.41, 5.74) is 2.46. The zero-order valence-corrected chi connectivity index (χ0v) is 28.3. The number of hydrogen-bond acceptors (Lipinski definition) is 9. The first-order valence-corrected chi connectivity index (χ1v) is 16.0. The number of benzene rings is 3. The van der Waals surface area contributed by atoms with Crippen LogP contribution in [0, 0.1) is 5.82 Å². The number of esters is 1. The minimum atomic E-state index is -0.854. The van der Waals surface area contributed by atoms with Crippen molar-refractivity contribution >= 4 is 39.3 Å². The Morgan fingerprint density at radius 1 is 0.978 bits per heavy atom. The number of allylic oxidation sites excluding steroid dienone is 1. The van der Waals surface area contributed by atoms with E-state index < -0.39 is 12.0 Å². The van der Waals surface area contributed by atoms with Crippen LogP contribution in [0.2, 0.25) is 0 Å². The number of hydrogen-bond donors (Lipinski definition) is 0. The molecule has 0 unspecified atom stereocenters. The molecule has 1 aromatic heterocycles. The minimum Gasteiger partial charge on any atom is -0.493 e. The summed E-state index contributed by atoms with van der Waals surface area (Å²) < 4.78 is 44.0. The SMILES string of the molecule is CCOC(=O)C1=C(C)N=c2s/c(=C/c3ccc(OCc4ccc(F)cc4)c(OC)c3)c(=O)n2[C@@H]1c1cc(OC)c(OCC)cc1Br. The van der Waals surface area contributed by atoms with Crippen LogP contribution >= 0.6 is 27.3 Å². The molecule has 0 spiro atoms. The van der Waals surface area contributed by atoms with Crippen molar-refractivity contribution in [2.75, 3.05) is 27.4 Å². The van der Waals surface area contributed by atoms with Crippen molar-refractivity contribution in [2.24, 2.45) is 4.99 Å². The maximum Gasteiger partial charge on any atom is 0.338 e. The van der Waals surface area contributed by atoms with Crippen molar-refractivity contribution in [3.8, 4) is 23.0 Å². The monoisotopic (exact) mass is 710 g/mol. The van der Waals surface area contributed by atoms with Crippen LogP contribution in [0.3, 0.4) is 0 Å². The number of ether oxygens (including phenoxy) is 5. The first kappa shape index (κ1) is 33.0. The van der Waals surface area contributed by atoms with E-state index in [0.29, 0.717) is 60.2 Å². The van der Waals surface area contributed by atoms with Crippen molar-refractivity contribution in [1.29, 1.82) is 0 Å². The lowest BCUT2D eigenvalue weighted by Crippen LogP contribution is -2.40. The van der Waals surface area contributed by atoms with Crippen LogP contribution in [0.4, 0.5) is 4.39 Å². The van der Waals surface area contributed by atoms with Gasteiger partial charge in [0.15, 0.2) is 27.8 Å². The Hall–Kier alpha value is -4.42. The Morgan fingerprint density at radius 2 is 1.70 bits per heavy atom. The Morgan fingerprint density at radius 3 is 2.37 bits per heavy atom. The molecule has 240 valence electrons. The van der Waals surface area contributed by atoms with Gasteiger partial charge in [0.05, 0.1) is 49.3 Å². The topological polar surface area (TPSA) is 97.6 Å². The standard InChI is InChI=1S/C34H32BrFN2O7S/c1-6-43-28-17-24(35)23(16-27(28)42-5)31-30(33(40)44-7-2)19(3)37-34-38(31)32(39)29(46-34)15-21-10-13-25(26(14-21)41-4)45-18-20-8-11-22(36)12-9-20/h8-17,31H,6-7,18H2,1-5H3/b29-15+/t31-/m1/s1. The number of nitrogens with zero attached hydrogens (tertiary/aromatic N) is 2. The average molecular weight is 712 g/mol. The number of rotatable bonds is 11. The normalized spacial score (nSPS) is 14.4. The predicted molar refractivity (Wildman–Crippen MR) is 176 cm³/mol. The van der Waals surface area contributed by atoms with Gasteiger partial charge in [0.1, 0.15) is 12.4 Å². The molecular weight excluding hydrogens is 679 g/mol. The van der Waals surface area contributed by atoms with E-state index in [2.05, 4.69) is 20.9 Å². The van der Waals surface area contributed by atoms with Crippen molar-refractivity contribution in [1.82, 2.24) is 4.57 Å². The van der Waals surface area contributed by atoms with Crippen molar-refractivity contribution in [2.45, 2.75) is 33.4 Å². The second kappa shape index (κ2) is 14.3. The van der Waals surface area contributed by atoms with Gasteiger partial charge in [-0.1, -0.05) is 45.5 Å². The molecular formula is C34H32BrFN2O7S. The number of methoxy groups -OCH3 is 2. The van der Waals surface area contributed by atoms with Crippen LogP contribution in [0.1, 0.15) is 43.5 Å². The zero-order chi connectivity index (χ0) is 33.0. The third kappa shape index (κ3) is 6.73. The first-order valence-electron chi connectivity index (χ1n) is 14.4. The number of fused-ring (bicyclic) bond motifs is 1. The Labute approximate surface area is 277 Å². The highest BCUT2D eigenvalue weighted by Gasteiger charge is 2.35. The summed E-state index contributed by atoms with van der Waals surface area (Å²) in [6, 6.07) is 14.0. The highest BCUT2D eigenvalue weighted by atomic mass is 79.9. The van der Waals surface area contributed by atoms with Crippen LogP contribution in [-0.4, -0.2) is 38.0 Å². The highest BCUT2D eigenvalue weighted by Crippen LogP contribution is 2.41. The molecule has 0 fully saturated rings. The van der Waals surface area contributed by atoms with Gasteiger partial charge in [0, 0.05) is 4.47 Å². The van der Waals surface area contributed by atoms with Gasteiger partial charge in [0.25, 0.3) is 5.56 Å². The Kier molecular flexibility index (Phi) is 10.3. The fourth-order valence-electron chi connectivity index (χ4n) is 5.06. The molecule has 0 bridgehead atoms. The number of carbonyl (C=O) groups excluding carboxylic acids is 1. The summed E-state index contributed by atoms with van der Waals surface area (Å²) in [5.74, 6) is 1.05. The lowest BCUT2D eigenvalue weighted by atomic mass is 9.95. The largest absolute Gasteiger partial charge is 0.493 e. The Balaban J connectivity index is 1.59. The fraction of sp³-hybridized carbons (Fsp3) is 0.265. The smallest absolute Gasteiger partial charge is 0.338 e. The van der Waals surface area contributed by atoms with Gasteiger partial charge in [-0.3, -0.25) is 9.36 Å². The van der Waals surface area contributed by atoms with Gasteiger partial charge in [-0.15, -0.1) is 0 Å². The summed E-state index contributed by atoms with van der Waals surface area (Å²) in [4.78, 5) is 32.5. The van der Waals surface area contributed by atoms with E-state index in [0.717, 1.165) is 5.56 Å². The molecule has 0 amide bonds. The van der Waals surface area contributed by atoms with Crippen molar-refractivity contribution in [3.05, 3.63) is 113 Å². The second-order valence-corrected chi connectivity index (χ2v) is 11.9. The van der Waals surface area contributed by atoms with Gasteiger partial charge < -0.3 is 23.7 Å². The van der Waals surface area contributed by atoms with E-state index in [9.17, 15) is 14.0 Å². The molecule has 0 radical (unpaired) electrons. The maximum absolute atomic E-state index is 14.1. The van der Waals surface area contributed by atoms with E-state index in [1.165, 1.54) is 42.3 Å². The molecule has 1 aliphatic rings. The first-order chi connectivity index (χ1) is 22.2. The average Bonchev–Trinajstić information content (AvgIpc) is 3.34. The number of aromatic nitrogens is 1. The number of halogens is 2. The molecule has 46 heavy (non-hydrogen) atoms. The van der Waals surface area contributed by atoms with Gasteiger partial charge >= 0.3 is 5.97 Å². The van der Waals surface area contributed by atoms with Crippen molar-refractivity contribution in [3.63, 3.8) is 0 Å². The second-order valence-electron chi connectivity index (χ2n) is 10.1. The highest BCUT2D eigenvalue weighted by molar-refractivity contribution is 9.10. The van der Waals surface area contributed by atoms with Gasteiger partial charge in [-0.05, 0) is 79.9 Å². The van der Waals surface area contributed by atoms with Crippen LogP contribution in [0.15, 0.2) is 80.1 Å². The molecule has 3 aromatic carbocycles. The molecule has 9 nitrogen and oxygen atoms in total.